The highest BCUT2D eigenvalue weighted by atomic mass is 32.2. The second-order valence-corrected chi connectivity index (χ2v) is 8.26. The third-order valence-corrected chi connectivity index (χ3v) is 5.89. The molecular weight excluding hydrogens is 378 g/mol. The Balaban J connectivity index is 1.69. The number of pyridine rings is 1. The maximum Gasteiger partial charge on any atom is 0.243 e. The molecule has 0 N–H and O–H groups in total. The summed E-state index contributed by atoms with van der Waals surface area (Å²) in [7, 11) is 0. The molecule has 0 unspecified atom stereocenters. The number of aryl methyl sites for hydroxylation is 2. The number of benzene rings is 2. The monoisotopic (exact) mass is 405 g/mol. The zero-order valence-electron chi connectivity index (χ0n) is 17.1. The van der Waals surface area contributed by atoms with Crippen molar-refractivity contribution in [3.05, 3.63) is 66.0 Å². The van der Waals surface area contributed by atoms with Gasteiger partial charge in [-0.3, -0.25) is 0 Å². The molecule has 0 bridgehead atoms. The molecule has 0 radical (unpaired) electrons. The van der Waals surface area contributed by atoms with E-state index >= 15 is 0 Å². The summed E-state index contributed by atoms with van der Waals surface area (Å²) >= 11 is 1.92. The van der Waals surface area contributed by atoms with Gasteiger partial charge < -0.3 is 9.30 Å². The lowest BCUT2D eigenvalue weighted by Gasteiger charge is -2.11. The lowest BCUT2D eigenvalue weighted by atomic mass is 10.2. The van der Waals surface area contributed by atoms with Crippen molar-refractivity contribution >= 4 is 33.7 Å². The average molecular weight is 406 g/mol. The predicted molar refractivity (Wildman–Crippen MR) is 123 cm³/mol. The number of rotatable bonds is 9. The highest BCUT2D eigenvalue weighted by molar-refractivity contribution is 7.98. The number of fused-ring (bicyclic) bond motifs is 3. The van der Waals surface area contributed by atoms with Crippen molar-refractivity contribution in [1.82, 2.24) is 14.5 Å². The Morgan fingerprint density at radius 3 is 2.55 bits per heavy atom. The Morgan fingerprint density at radius 1 is 0.931 bits per heavy atom. The summed E-state index contributed by atoms with van der Waals surface area (Å²) in [4.78, 5) is 9.65. The van der Waals surface area contributed by atoms with Crippen molar-refractivity contribution in [2.45, 2.75) is 39.3 Å². The van der Waals surface area contributed by atoms with Crippen LogP contribution in [0, 0.1) is 6.92 Å². The van der Waals surface area contributed by atoms with Crippen LogP contribution in [0.25, 0.3) is 21.9 Å². The van der Waals surface area contributed by atoms with E-state index in [2.05, 4.69) is 48.1 Å². The molecule has 29 heavy (non-hydrogen) atoms. The number of para-hydroxylation sites is 1. The van der Waals surface area contributed by atoms with Crippen LogP contribution < -0.4 is 4.74 Å². The Bertz CT molecular complexity index is 1090. The molecule has 4 rings (SSSR count). The largest absolute Gasteiger partial charge is 0.471 e. The Labute approximate surface area is 176 Å². The molecule has 150 valence electrons. The topological polar surface area (TPSA) is 39.9 Å². The van der Waals surface area contributed by atoms with E-state index < -0.39 is 0 Å². The average Bonchev–Trinajstić information content (AvgIpc) is 3.09. The molecule has 4 aromatic rings. The van der Waals surface area contributed by atoms with Crippen molar-refractivity contribution in [3.8, 4) is 5.88 Å². The molecular formula is C24H27N3OS. The van der Waals surface area contributed by atoms with Gasteiger partial charge in [-0.1, -0.05) is 55.0 Å². The molecule has 0 fully saturated rings. The van der Waals surface area contributed by atoms with Crippen LogP contribution in [-0.2, 0) is 13.2 Å². The van der Waals surface area contributed by atoms with Crippen LogP contribution in [0.1, 0.15) is 30.7 Å². The van der Waals surface area contributed by atoms with Crippen molar-refractivity contribution in [2.75, 3.05) is 12.0 Å². The van der Waals surface area contributed by atoms with Crippen LogP contribution in [0.3, 0.4) is 0 Å². The van der Waals surface area contributed by atoms with E-state index in [1.807, 2.05) is 36.0 Å². The third-order valence-electron chi connectivity index (χ3n) is 5.19. The minimum absolute atomic E-state index is 0.488. The molecule has 0 amide bonds. The number of hydrogen-bond donors (Lipinski definition) is 0. The third kappa shape index (κ3) is 4.40. The van der Waals surface area contributed by atoms with Crippen molar-refractivity contribution in [3.63, 3.8) is 0 Å². The number of nitrogens with zero attached hydrogens (tertiary/aromatic N) is 3. The molecule has 5 heteroatoms. The van der Waals surface area contributed by atoms with E-state index in [4.69, 9.17) is 14.7 Å². The highest BCUT2D eigenvalue weighted by Crippen LogP contribution is 2.32. The van der Waals surface area contributed by atoms with E-state index in [0.29, 0.717) is 12.5 Å². The fourth-order valence-electron chi connectivity index (χ4n) is 3.71. The second kappa shape index (κ2) is 9.31. The van der Waals surface area contributed by atoms with Crippen molar-refractivity contribution in [1.29, 1.82) is 0 Å². The second-order valence-electron chi connectivity index (χ2n) is 7.27. The number of ether oxygens (including phenoxy) is 1. The van der Waals surface area contributed by atoms with Gasteiger partial charge in [0.15, 0.2) is 5.52 Å². The smallest absolute Gasteiger partial charge is 0.243 e. The number of aromatic nitrogens is 3. The molecule has 0 aliphatic heterocycles. The summed E-state index contributed by atoms with van der Waals surface area (Å²) in [6, 6.07) is 18.5. The zero-order chi connectivity index (χ0) is 20.1. The fraction of sp³-hybridized carbons (Fsp3) is 0.333. The first kappa shape index (κ1) is 19.8. The number of thioether (sulfide) groups is 1. The van der Waals surface area contributed by atoms with Gasteiger partial charge in [0.25, 0.3) is 0 Å². The lowest BCUT2D eigenvalue weighted by Crippen LogP contribution is -2.02. The van der Waals surface area contributed by atoms with E-state index in [1.165, 1.54) is 18.6 Å². The summed E-state index contributed by atoms with van der Waals surface area (Å²) < 4.78 is 8.49. The van der Waals surface area contributed by atoms with Gasteiger partial charge in [0.2, 0.25) is 5.88 Å². The molecule has 0 spiro atoms. The molecule has 2 heterocycles. The molecule has 2 aromatic carbocycles. The van der Waals surface area contributed by atoms with E-state index in [0.717, 1.165) is 46.3 Å². The molecule has 0 saturated carbocycles. The zero-order valence-corrected chi connectivity index (χ0v) is 17.9. The molecule has 0 saturated heterocycles. The molecule has 4 nitrogen and oxygen atoms in total. The maximum absolute atomic E-state index is 6.15. The Morgan fingerprint density at radius 2 is 1.72 bits per heavy atom. The van der Waals surface area contributed by atoms with Crippen molar-refractivity contribution < 1.29 is 4.74 Å². The van der Waals surface area contributed by atoms with Crippen LogP contribution >= 0.6 is 11.8 Å². The number of hydrogen-bond acceptors (Lipinski definition) is 4. The normalized spacial score (nSPS) is 11.4. The first-order valence-electron chi connectivity index (χ1n) is 10.2. The first-order valence-corrected chi connectivity index (χ1v) is 11.6. The standard InChI is InChI=1S/C24H27N3OS/c1-18-25-22-23(27(18)15-9-4-10-16-29-2)20-13-7-8-14-21(20)26-24(22)28-17-19-11-5-3-6-12-19/h3,5-8,11-14H,4,9-10,15-17H2,1-2H3. The quantitative estimate of drug-likeness (QED) is 0.320. The van der Waals surface area contributed by atoms with Gasteiger partial charge >= 0.3 is 0 Å². The summed E-state index contributed by atoms with van der Waals surface area (Å²) in [6.45, 7) is 3.54. The molecule has 0 aliphatic rings. The minimum Gasteiger partial charge on any atom is -0.471 e. The van der Waals surface area contributed by atoms with E-state index in [-0.39, 0.29) is 0 Å². The van der Waals surface area contributed by atoms with Crippen LogP contribution in [0.5, 0.6) is 5.88 Å². The van der Waals surface area contributed by atoms with Crippen molar-refractivity contribution in [2.24, 2.45) is 0 Å². The molecule has 0 aliphatic carbocycles. The Hall–Kier alpha value is -2.53. The summed E-state index contributed by atoms with van der Waals surface area (Å²) in [6.07, 6.45) is 5.83. The van der Waals surface area contributed by atoms with Gasteiger partial charge in [-0.2, -0.15) is 11.8 Å². The summed E-state index contributed by atoms with van der Waals surface area (Å²) in [5.41, 5.74) is 4.08. The Kier molecular flexibility index (Phi) is 6.35. The van der Waals surface area contributed by atoms with Gasteiger partial charge in [-0.25, -0.2) is 9.97 Å². The molecule has 0 atom stereocenters. The highest BCUT2D eigenvalue weighted by Gasteiger charge is 2.17. The van der Waals surface area contributed by atoms with Crippen LogP contribution in [0.4, 0.5) is 0 Å². The summed E-state index contributed by atoms with van der Waals surface area (Å²) in [5, 5.41) is 1.14. The fourth-order valence-corrected chi connectivity index (χ4v) is 4.21. The van der Waals surface area contributed by atoms with Gasteiger partial charge in [-0.15, -0.1) is 0 Å². The van der Waals surface area contributed by atoms with E-state index in [9.17, 15) is 0 Å². The van der Waals surface area contributed by atoms with Crippen LogP contribution in [0.2, 0.25) is 0 Å². The van der Waals surface area contributed by atoms with Gasteiger partial charge in [-0.05, 0) is 43.4 Å². The van der Waals surface area contributed by atoms with Crippen LogP contribution in [0.15, 0.2) is 54.6 Å². The van der Waals surface area contributed by atoms with Gasteiger partial charge in [0.1, 0.15) is 12.4 Å². The first-order chi connectivity index (χ1) is 14.3. The van der Waals surface area contributed by atoms with Gasteiger partial charge in [0.05, 0.1) is 11.0 Å². The van der Waals surface area contributed by atoms with Crippen LogP contribution in [-0.4, -0.2) is 26.5 Å². The predicted octanol–water partition coefficient (Wildman–Crippen LogP) is 6.01. The van der Waals surface area contributed by atoms with Gasteiger partial charge in [0, 0.05) is 11.9 Å². The summed E-state index contributed by atoms with van der Waals surface area (Å²) in [5.74, 6) is 2.87. The molecule has 2 aromatic heterocycles. The number of imidazole rings is 1. The lowest BCUT2D eigenvalue weighted by molar-refractivity contribution is 0.298. The minimum atomic E-state index is 0.488. The SMILES string of the molecule is CSCCCCCn1c(C)nc2c(OCc3ccccc3)nc3ccccc3c21. The number of unbranched alkanes of at least 4 members (excludes halogenated alkanes) is 2. The van der Waals surface area contributed by atoms with E-state index in [1.54, 1.807) is 0 Å². The maximum atomic E-state index is 6.15.